The van der Waals surface area contributed by atoms with Crippen molar-refractivity contribution in [3.63, 3.8) is 0 Å². The van der Waals surface area contributed by atoms with Crippen LogP contribution in [-0.4, -0.2) is 30.5 Å². The molecule has 7 heteroatoms. The standard InChI is InChI=1S/C18H18N4O3/c1-21-8-7-11-13(9-19)17(20)18(22(23)24)16(14(11)10-21)12-5-3-4-6-15(12)25-2/h3-6H,7-8,10,20H2,1-2H3. The molecule has 2 aromatic rings. The number of nitro benzene ring substituents is 1. The van der Waals surface area contributed by atoms with Gasteiger partial charge in [-0.3, -0.25) is 10.1 Å². The number of hydrogen-bond donors (Lipinski definition) is 1. The Kier molecular flexibility index (Phi) is 4.30. The van der Waals surface area contributed by atoms with E-state index in [1.54, 1.807) is 24.3 Å². The average Bonchev–Trinajstić information content (AvgIpc) is 2.60. The highest BCUT2D eigenvalue weighted by atomic mass is 16.6. The van der Waals surface area contributed by atoms with E-state index in [9.17, 15) is 15.4 Å². The minimum atomic E-state index is -0.507. The highest BCUT2D eigenvalue weighted by Crippen LogP contribution is 2.46. The van der Waals surface area contributed by atoms with Crippen LogP contribution in [0.5, 0.6) is 5.75 Å². The van der Waals surface area contributed by atoms with Gasteiger partial charge < -0.3 is 15.4 Å². The third-order valence-corrected chi connectivity index (χ3v) is 4.57. The van der Waals surface area contributed by atoms with E-state index in [0.717, 1.165) is 17.7 Å². The lowest BCUT2D eigenvalue weighted by Crippen LogP contribution is -2.28. The van der Waals surface area contributed by atoms with E-state index in [1.807, 2.05) is 7.05 Å². The summed E-state index contributed by atoms with van der Waals surface area (Å²) in [5.41, 5.74) is 8.61. The number of nitro groups is 1. The van der Waals surface area contributed by atoms with Crippen molar-refractivity contribution < 1.29 is 9.66 Å². The van der Waals surface area contributed by atoms with Gasteiger partial charge in [-0.15, -0.1) is 0 Å². The minimum absolute atomic E-state index is 0.0725. The van der Waals surface area contributed by atoms with E-state index in [0.29, 0.717) is 29.8 Å². The number of para-hydroxylation sites is 1. The van der Waals surface area contributed by atoms with Crippen LogP contribution in [0.2, 0.25) is 0 Å². The number of anilines is 1. The molecule has 2 aromatic carbocycles. The van der Waals surface area contributed by atoms with Gasteiger partial charge in [-0.25, -0.2) is 0 Å². The molecule has 0 radical (unpaired) electrons. The van der Waals surface area contributed by atoms with Crippen LogP contribution in [0.15, 0.2) is 24.3 Å². The van der Waals surface area contributed by atoms with Gasteiger partial charge in [0.15, 0.2) is 0 Å². The van der Waals surface area contributed by atoms with E-state index >= 15 is 0 Å². The van der Waals surface area contributed by atoms with Crippen LogP contribution >= 0.6 is 0 Å². The molecule has 7 nitrogen and oxygen atoms in total. The number of hydrogen-bond acceptors (Lipinski definition) is 6. The second-order valence-electron chi connectivity index (χ2n) is 6.03. The maximum absolute atomic E-state index is 11.8. The second kappa shape index (κ2) is 6.42. The first-order valence-electron chi connectivity index (χ1n) is 7.83. The van der Waals surface area contributed by atoms with Gasteiger partial charge in [0.1, 0.15) is 17.5 Å². The molecule has 0 aliphatic carbocycles. The average molecular weight is 338 g/mol. The first-order chi connectivity index (χ1) is 12.0. The summed E-state index contributed by atoms with van der Waals surface area (Å²) < 4.78 is 5.41. The third-order valence-electron chi connectivity index (χ3n) is 4.57. The van der Waals surface area contributed by atoms with Crippen LogP contribution in [0, 0.1) is 21.4 Å². The van der Waals surface area contributed by atoms with Crippen molar-refractivity contribution in [1.82, 2.24) is 4.90 Å². The summed E-state index contributed by atoms with van der Waals surface area (Å²) in [5.74, 6) is 0.533. The Morgan fingerprint density at radius 2 is 2.08 bits per heavy atom. The maximum atomic E-state index is 11.8. The Morgan fingerprint density at radius 3 is 2.72 bits per heavy atom. The SMILES string of the molecule is COc1ccccc1-c1c2c(c(C#N)c(N)c1[N+](=O)[O-])CCN(C)C2. The van der Waals surface area contributed by atoms with Gasteiger partial charge in [0, 0.05) is 18.7 Å². The lowest BCUT2D eigenvalue weighted by atomic mass is 9.85. The topological polar surface area (TPSA) is 105 Å². The zero-order chi connectivity index (χ0) is 18.1. The molecule has 0 unspecified atom stereocenters. The Bertz CT molecular complexity index is 902. The van der Waals surface area contributed by atoms with Crippen LogP contribution in [0.3, 0.4) is 0 Å². The van der Waals surface area contributed by atoms with Gasteiger partial charge in [0.2, 0.25) is 0 Å². The van der Waals surface area contributed by atoms with Crippen molar-refractivity contribution in [1.29, 1.82) is 5.26 Å². The van der Waals surface area contributed by atoms with Crippen molar-refractivity contribution in [2.45, 2.75) is 13.0 Å². The number of methoxy groups -OCH3 is 1. The van der Waals surface area contributed by atoms with Crippen LogP contribution in [0.25, 0.3) is 11.1 Å². The number of nitrogens with two attached hydrogens (primary N) is 1. The molecular formula is C18H18N4O3. The zero-order valence-corrected chi connectivity index (χ0v) is 14.1. The van der Waals surface area contributed by atoms with E-state index in [1.165, 1.54) is 7.11 Å². The van der Waals surface area contributed by atoms with Gasteiger partial charge in [0.05, 0.1) is 23.2 Å². The molecule has 0 amide bonds. The quantitative estimate of drug-likeness (QED) is 0.524. The number of nitrogens with zero attached hydrogens (tertiary/aromatic N) is 3. The highest BCUT2D eigenvalue weighted by molar-refractivity contribution is 5.91. The zero-order valence-electron chi connectivity index (χ0n) is 14.1. The van der Waals surface area contributed by atoms with E-state index in [4.69, 9.17) is 10.5 Å². The molecule has 0 saturated heterocycles. The summed E-state index contributed by atoms with van der Waals surface area (Å²) in [4.78, 5) is 13.4. The molecule has 0 fully saturated rings. The van der Waals surface area contributed by atoms with Gasteiger partial charge in [-0.2, -0.15) is 5.26 Å². The summed E-state index contributed by atoms with van der Waals surface area (Å²) in [6, 6.07) is 9.20. The number of likely N-dealkylation sites (N-methyl/N-ethyl adjacent to an activating group) is 1. The van der Waals surface area contributed by atoms with E-state index < -0.39 is 4.92 Å². The monoisotopic (exact) mass is 338 g/mol. The highest BCUT2D eigenvalue weighted by Gasteiger charge is 2.33. The Morgan fingerprint density at radius 1 is 1.36 bits per heavy atom. The Hall–Kier alpha value is -3.11. The summed E-state index contributed by atoms with van der Waals surface area (Å²) in [6.07, 6.45) is 0.624. The predicted molar refractivity (Wildman–Crippen MR) is 94.2 cm³/mol. The molecule has 2 N–H and O–H groups in total. The molecule has 1 aliphatic rings. The fourth-order valence-corrected chi connectivity index (χ4v) is 3.42. The van der Waals surface area contributed by atoms with E-state index in [2.05, 4.69) is 11.0 Å². The number of rotatable bonds is 3. The molecular weight excluding hydrogens is 320 g/mol. The fraction of sp³-hybridized carbons (Fsp3) is 0.278. The van der Waals surface area contributed by atoms with Crippen LogP contribution in [-0.2, 0) is 13.0 Å². The predicted octanol–water partition coefficient (Wildman–Crippen LogP) is 2.71. The smallest absolute Gasteiger partial charge is 0.301 e. The fourth-order valence-electron chi connectivity index (χ4n) is 3.42. The van der Waals surface area contributed by atoms with Gasteiger partial charge in [0.25, 0.3) is 0 Å². The normalized spacial score (nSPS) is 13.8. The van der Waals surface area contributed by atoms with Crippen LogP contribution in [0.1, 0.15) is 16.7 Å². The van der Waals surface area contributed by atoms with Crippen molar-refractivity contribution in [2.24, 2.45) is 0 Å². The third kappa shape index (κ3) is 2.66. The molecule has 0 bridgehead atoms. The number of fused-ring (bicyclic) bond motifs is 1. The molecule has 0 spiro atoms. The molecule has 1 heterocycles. The van der Waals surface area contributed by atoms with Gasteiger partial charge in [-0.1, -0.05) is 18.2 Å². The number of benzene rings is 2. The van der Waals surface area contributed by atoms with Gasteiger partial charge in [-0.05, 0) is 30.7 Å². The van der Waals surface area contributed by atoms with Crippen molar-refractivity contribution >= 4 is 11.4 Å². The summed E-state index contributed by atoms with van der Waals surface area (Å²) in [5, 5.41) is 21.3. The molecule has 1 aliphatic heterocycles. The summed E-state index contributed by atoms with van der Waals surface area (Å²) in [7, 11) is 3.47. The number of ether oxygens (including phenoxy) is 1. The maximum Gasteiger partial charge on any atom is 0.301 e. The van der Waals surface area contributed by atoms with Crippen molar-refractivity contribution in [3.8, 4) is 22.9 Å². The second-order valence-corrected chi connectivity index (χ2v) is 6.03. The van der Waals surface area contributed by atoms with Crippen molar-refractivity contribution in [2.75, 3.05) is 26.4 Å². The van der Waals surface area contributed by atoms with Crippen molar-refractivity contribution in [3.05, 3.63) is 51.1 Å². The lowest BCUT2D eigenvalue weighted by molar-refractivity contribution is -0.383. The lowest BCUT2D eigenvalue weighted by Gasteiger charge is -2.28. The molecule has 0 saturated carbocycles. The molecule has 25 heavy (non-hydrogen) atoms. The molecule has 128 valence electrons. The number of nitrogen functional groups attached to an aromatic ring is 1. The Balaban J connectivity index is 2.47. The Labute approximate surface area is 145 Å². The molecule has 0 atom stereocenters. The van der Waals surface area contributed by atoms with Crippen LogP contribution < -0.4 is 10.5 Å². The largest absolute Gasteiger partial charge is 0.496 e. The first-order valence-corrected chi connectivity index (χ1v) is 7.83. The molecule has 3 rings (SSSR count). The van der Waals surface area contributed by atoms with Gasteiger partial charge >= 0.3 is 5.69 Å². The summed E-state index contributed by atoms with van der Waals surface area (Å²) in [6.45, 7) is 1.28. The van der Waals surface area contributed by atoms with Crippen LogP contribution in [0.4, 0.5) is 11.4 Å². The minimum Gasteiger partial charge on any atom is -0.496 e. The number of nitriles is 1. The molecule has 0 aromatic heterocycles. The summed E-state index contributed by atoms with van der Waals surface area (Å²) >= 11 is 0. The van der Waals surface area contributed by atoms with E-state index in [-0.39, 0.29) is 16.9 Å². The first kappa shape index (κ1) is 16.7.